The Kier molecular flexibility index (Phi) is 5.22. The topological polar surface area (TPSA) is 46.5 Å². The molecule has 168 valence electrons. The van der Waals surface area contributed by atoms with Gasteiger partial charge in [0, 0.05) is 18.8 Å². The smallest absolute Gasteiger partial charge is 0.169 e. The zero-order valence-electron chi connectivity index (χ0n) is 19.4. The molecule has 0 radical (unpaired) electrons. The molecule has 7 unspecified atom stereocenters. The van der Waals surface area contributed by atoms with E-state index >= 15 is 0 Å². The number of hydrogen-bond acceptors (Lipinski definition) is 3. The second kappa shape index (κ2) is 7.56. The van der Waals surface area contributed by atoms with Gasteiger partial charge in [-0.2, -0.15) is 0 Å². The lowest BCUT2D eigenvalue weighted by Crippen LogP contribution is -2.52. The van der Waals surface area contributed by atoms with Gasteiger partial charge in [0.15, 0.2) is 5.79 Å². The van der Waals surface area contributed by atoms with E-state index in [4.69, 9.17) is 4.74 Å². The Morgan fingerprint density at radius 1 is 1.06 bits per heavy atom. The van der Waals surface area contributed by atoms with Crippen LogP contribution in [0.3, 0.4) is 0 Å². The van der Waals surface area contributed by atoms with Crippen LogP contribution in [0.15, 0.2) is 42.0 Å². The standard InChI is InChI=1S/C28H38O3/c1-19(29)23-11-12-24-22-10-9-21-17-28(30,31-18-20-7-5-4-6-8-20)16-15-26(21,2)25(22)13-14-27(23,24)3/h4-9,22-25,30H,10-18H2,1-3H3. The predicted octanol–water partition coefficient (Wildman–Crippen LogP) is 6.06. The molecule has 1 aromatic carbocycles. The lowest BCUT2D eigenvalue weighted by Gasteiger charge is -2.58. The molecule has 0 heterocycles. The highest BCUT2D eigenvalue weighted by Gasteiger charge is 2.60. The number of ether oxygens (including phenoxy) is 1. The maximum atomic E-state index is 12.3. The summed E-state index contributed by atoms with van der Waals surface area (Å²) in [7, 11) is 0. The zero-order valence-corrected chi connectivity index (χ0v) is 19.4. The monoisotopic (exact) mass is 422 g/mol. The Balaban J connectivity index is 1.34. The lowest BCUT2D eigenvalue weighted by atomic mass is 9.47. The molecule has 0 amide bonds. The van der Waals surface area contributed by atoms with Gasteiger partial charge in [-0.3, -0.25) is 4.79 Å². The molecule has 0 bridgehead atoms. The summed E-state index contributed by atoms with van der Waals surface area (Å²) < 4.78 is 6.09. The summed E-state index contributed by atoms with van der Waals surface area (Å²) >= 11 is 0. The number of carbonyl (C=O) groups excluding carboxylic acids is 1. The summed E-state index contributed by atoms with van der Waals surface area (Å²) in [5, 5.41) is 11.3. The molecule has 3 fully saturated rings. The third kappa shape index (κ3) is 3.43. The fourth-order valence-corrected chi connectivity index (χ4v) is 8.20. The van der Waals surface area contributed by atoms with Gasteiger partial charge in [0.05, 0.1) is 6.61 Å². The van der Waals surface area contributed by atoms with Crippen LogP contribution in [-0.2, 0) is 16.1 Å². The van der Waals surface area contributed by atoms with Crippen molar-refractivity contribution in [3.63, 3.8) is 0 Å². The van der Waals surface area contributed by atoms with Crippen molar-refractivity contribution in [2.75, 3.05) is 0 Å². The number of benzene rings is 1. The number of allylic oxidation sites excluding steroid dienone is 1. The van der Waals surface area contributed by atoms with Gasteiger partial charge >= 0.3 is 0 Å². The molecular weight excluding hydrogens is 384 g/mol. The van der Waals surface area contributed by atoms with E-state index < -0.39 is 5.79 Å². The first-order chi connectivity index (χ1) is 14.8. The van der Waals surface area contributed by atoms with Gasteiger partial charge in [-0.1, -0.05) is 55.8 Å². The number of fused-ring (bicyclic) bond motifs is 5. The Labute approximate surface area is 187 Å². The molecule has 0 spiro atoms. The quantitative estimate of drug-likeness (QED) is 0.474. The van der Waals surface area contributed by atoms with Gasteiger partial charge < -0.3 is 9.84 Å². The van der Waals surface area contributed by atoms with E-state index in [0.29, 0.717) is 43.0 Å². The van der Waals surface area contributed by atoms with Crippen LogP contribution >= 0.6 is 0 Å². The summed E-state index contributed by atoms with van der Waals surface area (Å²) in [5.74, 6) is 1.65. The highest BCUT2D eigenvalue weighted by atomic mass is 16.6. The minimum Gasteiger partial charge on any atom is -0.365 e. The molecule has 1 aromatic rings. The van der Waals surface area contributed by atoms with Crippen molar-refractivity contribution >= 4 is 5.78 Å². The molecule has 5 rings (SSSR count). The zero-order chi connectivity index (χ0) is 21.9. The van der Waals surface area contributed by atoms with Crippen LogP contribution in [0, 0.1) is 34.5 Å². The lowest BCUT2D eigenvalue weighted by molar-refractivity contribution is -0.231. The SMILES string of the molecule is CC(=O)C1CCC2C3CC=C4CC(O)(OCc5ccccc5)CCC4(C)C3CCC12C. The second-order valence-electron chi connectivity index (χ2n) is 11.4. The molecule has 31 heavy (non-hydrogen) atoms. The van der Waals surface area contributed by atoms with E-state index in [-0.39, 0.29) is 16.7 Å². The third-order valence-corrected chi connectivity index (χ3v) is 9.97. The molecule has 3 nitrogen and oxygen atoms in total. The van der Waals surface area contributed by atoms with Crippen molar-refractivity contribution in [1.29, 1.82) is 0 Å². The van der Waals surface area contributed by atoms with Crippen LogP contribution < -0.4 is 0 Å². The number of Topliss-reactive ketones (excluding diaryl/α,β-unsaturated/α-hetero) is 1. The molecule has 4 aliphatic carbocycles. The molecule has 3 heteroatoms. The van der Waals surface area contributed by atoms with Gasteiger partial charge in [-0.05, 0) is 79.6 Å². The van der Waals surface area contributed by atoms with Crippen molar-refractivity contribution in [2.45, 2.75) is 84.5 Å². The largest absolute Gasteiger partial charge is 0.365 e. The first-order valence-electron chi connectivity index (χ1n) is 12.4. The van der Waals surface area contributed by atoms with Crippen molar-refractivity contribution in [2.24, 2.45) is 34.5 Å². The molecule has 1 N–H and O–H groups in total. The van der Waals surface area contributed by atoms with E-state index in [0.717, 1.165) is 24.8 Å². The van der Waals surface area contributed by atoms with Gasteiger partial charge in [0.1, 0.15) is 5.78 Å². The molecule has 0 aliphatic heterocycles. The summed E-state index contributed by atoms with van der Waals surface area (Å²) in [6, 6.07) is 10.1. The number of hydrogen-bond donors (Lipinski definition) is 1. The third-order valence-electron chi connectivity index (χ3n) is 9.97. The maximum absolute atomic E-state index is 12.3. The van der Waals surface area contributed by atoms with Crippen LogP contribution in [-0.4, -0.2) is 16.7 Å². The number of ketones is 1. The first-order valence-corrected chi connectivity index (χ1v) is 12.4. The van der Waals surface area contributed by atoms with E-state index in [9.17, 15) is 9.90 Å². The fraction of sp³-hybridized carbons (Fsp3) is 0.679. The molecule has 0 saturated heterocycles. The average molecular weight is 423 g/mol. The van der Waals surface area contributed by atoms with Crippen LogP contribution in [0.1, 0.15) is 77.7 Å². The van der Waals surface area contributed by atoms with E-state index in [2.05, 4.69) is 32.1 Å². The average Bonchev–Trinajstić information content (AvgIpc) is 3.11. The van der Waals surface area contributed by atoms with E-state index in [1.807, 2.05) is 25.1 Å². The van der Waals surface area contributed by atoms with E-state index in [1.165, 1.54) is 24.8 Å². The Morgan fingerprint density at radius 2 is 1.84 bits per heavy atom. The van der Waals surface area contributed by atoms with Crippen molar-refractivity contribution in [3.05, 3.63) is 47.5 Å². The summed E-state index contributed by atoms with van der Waals surface area (Å²) in [6.07, 6.45) is 10.6. The molecule has 3 saturated carbocycles. The number of aliphatic hydroxyl groups is 1. The van der Waals surface area contributed by atoms with E-state index in [1.54, 1.807) is 0 Å². The Hall–Kier alpha value is -1.45. The van der Waals surface area contributed by atoms with Crippen LogP contribution in [0.25, 0.3) is 0 Å². The Bertz CT molecular complexity index is 876. The molecule has 4 aliphatic rings. The minimum atomic E-state index is -1.05. The summed E-state index contributed by atoms with van der Waals surface area (Å²) in [4.78, 5) is 12.3. The van der Waals surface area contributed by atoms with Crippen LogP contribution in [0.4, 0.5) is 0 Å². The first kappa shape index (κ1) is 21.4. The molecular formula is C28H38O3. The molecule has 7 atom stereocenters. The number of carbonyl (C=O) groups is 1. The highest BCUT2D eigenvalue weighted by molar-refractivity contribution is 5.79. The minimum absolute atomic E-state index is 0.168. The maximum Gasteiger partial charge on any atom is 0.169 e. The van der Waals surface area contributed by atoms with Crippen molar-refractivity contribution in [1.82, 2.24) is 0 Å². The Morgan fingerprint density at radius 3 is 2.58 bits per heavy atom. The van der Waals surface area contributed by atoms with Gasteiger partial charge in [-0.25, -0.2) is 0 Å². The highest BCUT2D eigenvalue weighted by Crippen LogP contribution is 2.66. The van der Waals surface area contributed by atoms with Crippen molar-refractivity contribution < 1.29 is 14.6 Å². The summed E-state index contributed by atoms with van der Waals surface area (Å²) in [5.41, 5.74) is 2.89. The number of rotatable bonds is 4. The normalized spacial score (nSPS) is 44.1. The molecule has 0 aromatic heterocycles. The van der Waals surface area contributed by atoms with Crippen LogP contribution in [0.2, 0.25) is 0 Å². The van der Waals surface area contributed by atoms with Gasteiger partial charge in [0.25, 0.3) is 0 Å². The summed E-state index contributed by atoms with van der Waals surface area (Å²) in [6.45, 7) is 7.13. The van der Waals surface area contributed by atoms with Crippen LogP contribution in [0.5, 0.6) is 0 Å². The second-order valence-corrected chi connectivity index (χ2v) is 11.4. The van der Waals surface area contributed by atoms with Gasteiger partial charge in [0.2, 0.25) is 0 Å². The van der Waals surface area contributed by atoms with Crippen molar-refractivity contribution in [3.8, 4) is 0 Å². The fourth-order valence-electron chi connectivity index (χ4n) is 8.20. The van der Waals surface area contributed by atoms with Gasteiger partial charge in [-0.15, -0.1) is 0 Å². The predicted molar refractivity (Wildman–Crippen MR) is 122 cm³/mol.